The normalized spacial score (nSPS) is 27.8. The van der Waals surface area contributed by atoms with Gasteiger partial charge in [0.15, 0.2) is 0 Å². The molecule has 100 valence electrons. The molecule has 1 aliphatic carbocycles. The van der Waals surface area contributed by atoms with Gasteiger partial charge in [0.1, 0.15) is 5.75 Å². The molecule has 3 nitrogen and oxygen atoms in total. The van der Waals surface area contributed by atoms with Crippen LogP contribution in [0.5, 0.6) is 5.75 Å². The fourth-order valence-electron chi connectivity index (χ4n) is 2.72. The molecule has 3 N–H and O–H groups in total. The number of rotatable bonds is 3. The maximum Gasteiger partial charge on any atom is 0.143 e. The van der Waals surface area contributed by atoms with E-state index >= 15 is 0 Å². The fraction of sp³-hybridized carbons (Fsp3) is 0.600. The highest BCUT2D eigenvalue weighted by atomic mass is 16.5. The first-order valence-electron chi connectivity index (χ1n) is 6.80. The van der Waals surface area contributed by atoms with E-state index < -0.39 is 0 Å². The van der Waals surface area contributed by atoms with Crippen LogP contribution in [0.4, 0.5) is 11.4 Å². The van der Waals surface area contributed by atoms with Gasteiger partial charge in [-0.05, 0) is 43.2 Å². The fourth-order valence-corrected chi connectivity index (χ4v) is 2.72. The summed E-state index contributed by atoms with van der Waals surface area (Å²) in [5, 5.41) is 3.60. The lowest BCUT2D eigenvalue weighted by atomic mass is 9.79. The first-order chi connectivity index (χ1) is 8.60. The summed E-state index contributed by atoms with van der Waals surface area (Å²) in [6, 6.07) is 6.48. The van der Waals surface area contributed by atoms with Crippen LogP contribution in [0.2, 0.25) is 0 Å². The zero-order valence-corrected chi connectivity index (χ0v) is 11.6. The first-order valence-corrected chi connectivity index (χ1v) is 6.80. The number of benzene rings is 1. The number of anilines is 2. The Morgan fingerprint density at radius 1 is 1.22 bits per heavy atom. The van der Waals surface area contributed by atoms with Crippen LogP contribution in [0, 0.1) is 11.8 Å². The molecule has 0 heterocycles. The monoisotopic (exact) mass is 248 g/mol. The van der Waals surface area contributed by atoms with Crippen molar-refractivity contribution in [1.29, 1.82) is 0 Å². The van der Waals surface area contributed by atoms with Gasteiger partial charge in [-0.2, -0.15) is 0 Å². The molecular formula is C15H24N2O. The van der Waals surface area contributed by atoms with E-state index in [0.29, 0.717) is 11.7 Å². The van der Waals surface area contributed by atoms with E-state index in [1.54, 1.807) is 7.11 Å². The minimum absolute atomic E-state index is 0.574. The Labute approximate surface area is 110 Å². The average molecular weight is 248 g/mol. The molecule has 3 unspecified atom stereocenters. The second-order valence-corrected chi connectivity index (χ2v) is 5.57. The van der Waals surface area contributed by atoms with Crippen LogP contribution in [-0.4, -0.2) is 13.2 Å². The molecule has 0 saturated heterocycles. The molecule has 3 atom stereocenters. The van der Waals surface area contributed by atoms with Crippen molar-refractivity contribution in [2.24, 2.45) is 11.8 Å². The van der Waals surface area contributed by atoms with Crippen molar-refractivity contribution in [3.63, 3.8) is 0 Å². The summed E-state index contributed by atoms with van der Waals surface area (Å²) < 4.78 is 5.25. The minimum Gasteiger partial charge on any atom is -0.495 e. The summed E-state index contributed by atoms with van der Waals surface area (Å²) >= 11 is 0. The van der Waals surface area contributed by atoms with Gasteiger partial charge >= 0.3 is 0 Å². The summed E-state index contributed by atoms with van der Waals surface area (Å²) in [6.07, 6.45) is 3.80. The van der Waals surface area contributed by atoms with Crippen LogP contribution in [0.1, 0.15) is 33.1 Å². The molecule has 1 aromatic carbocycles. The maximum absolute atomic E-state index is 5.82. The molecule has 0 aliphatic heterocycles. The number of ether oxygens (including phenoxy) is 1. The van der Waals surface area contributed by atoms with Gasteiger partial charge in [0, 0.05) is 17.8 Å². The predicted molar refractivity (Wildman–Crippen MR) is 77.0 cm³/mol. The van der Waals surface area contributed by atoms with E-state index in [0.717, 1.165) is 23.3 Å². The van der Waals surface area contributed by atoms with Crippen molar-refractivity contribution in [2.75, 3.05) is 18.2 Å². The second kappa shape index (κ2) is 5.51. The lowest BCUT2D eigenvalue weighted by molar-refractivity contribution is 0.261. The molecule has 0 bridgehead atoms. The highest BCUT2D eigenvalue weighted by Crippen LogP contribution is 2.32. The number of nitrogens with one attached hydrogen (secondary N) is 1. The van der Waals surface area contributed by atoms with Crippen molar-refractivity contribution in [2.45, 2.75) is 39.2 Å². The third-order valence-corrected chi connectivity index (χ3v) is 4.20. The molecule has 18 heavy (non-hydrogen) atoms. The van der Waals surface area contributed by atoms with Gasteiger partial charge in [-0.1, -0.05) is 13.8 Å². The van der Waals surface area contributed by atoms with E-state index in [2.05, 4.69) is 19.2 Å². The van der Waals surface area contributed by atoms with Gasteiger partial charge < -0.3 is 15.8 Å². The van der Waals surface area contributed by atoms with Crippen LogP contribution in [-0.2, 0) is 0 Å². The van der Waals surface area contributed by atoms with Gasteiger partial charge in [-0.15, -0.1) is 0 Å². The third kappa shape index (κ3) is 2.89. The molecule has 1 aliphatic rings. The Kier molecular flexibility index (Phi) is 4.00. The standard InChI is InChI=1S/C15H24N2O/c1-10-4-5-12(8-11(10)2)17-13-6-7-14(16)15(9-13)18-3/h6-7,9-12,17H,4-5,8,16H2,1-3H3. The van der Waals surface area contributed by atoms with E-state index in [1.807, 2.05) is 18.2 Å². The Morgan fingerprint density at radius 2 is 2.00 bits per heavy atom. The molecule has 2 rings (SSSR count). The zero-order valence-electron chi connectivity index (χ0n) is 11.6. The molecule has 0 amide bonds. The Morgan fingerprint density at radius 3 is 2.67 bits per heavy atom. The quantitative estimate of drug-likeness (QED) is 0.805. The van der Waals surface area contributed by atoms with Crippen LogP contribution in [0.15, 0.2) is 18.2 Å². The molecule has 0 spiro atoms. The van der Waals surface area contributed by atoms with E-state index in [9.17, 15) is 0 Å². The number of nitrogen functional groups attached to an aromatic ring is 1. The number of hydrogen-bond donors (Lipinski definition) is 2. The van der Waals surface area contributed by atoms with E-state index in [1.165, 1.54) is 19.3 Å². The molecule has 1 saturated carbocycles. The third-order valence-electron chi connectivity index (χ3n) is 4.20. The van der Waals surface area contributed by atoms with Crippen molar-refractivity contribution in [3.05, 3.63) is 18.2 Å². The molecule has 3 heteroatoms. The highest BCUT2D eigenvalue weighted by molar-refractivity contribution is 5.61. The zero-order chi connectivity index (χ0) is 13.1. The van der Waals surface area contributed by atoms with Gasteiger partial charge in [0.25, 0.3) is 0 Å². The largest absolute Gasteiger partial charge is 0.495 e. The maximum atomic E-state index is 5.82. The smallest absolute Gasteiger partial charge is 0.143 e. The van der Waals surface area contributed by atoms with E-state index in [-0.39, 0.29) is 0 Å². The molecule has 1 fully saturated rings. The van der Waals surface area contributed by atoms with Crippen LogP contribution in [0.25, 0.3) is 0 Å². The highest BCUT2D eigenvalue weighted by Gasteiger charge is 2.24. The SMILES string of the molecule is COc1cc(NC2CCC(C)C(C)C2)ccc1N. The molecular weight excluding hydrogens is 224 g/mol. The van der Waals surface area contributed by atoms with Crippen LogP contribution < -0.4 is 15.8 Å². The summed E-state index contributed by atoms with van der Waals surface area (Å²) in [7, 11) is 1.65. The van der Waals surface area contributed by atoms with Crippen molar-refractivity contribution in [1.82, 2.24) is 0 Å². The van der Waals surface area contributed by atoms with Gasteiger partial charge in [-0.3, -0.25) is 0 Å². The predicted octanol–water partition coefficient (Wildman–Crippen LogP) is 3.51. The topological polar surface area (TPSA) is 47.3 Å². The first kappa shape index (κ1) is 13.1. The lowest BCUT2D eigenvalue weighted by Crippen LogP contribution is -2.30. The molecule has 0 aromatic heterocycles. The van der Waals surface area contributed by atoms with Crippen LogP contribution in [0.3, 0.4) is 0 Å². The Bertz CT molecular complexity index is 405. The molecule has 0 radical (unpaired) electrons. The molecule has 1 aromatic rings. The minimum atomic E-state index is 0.574. The number of nitrogens with two attached hydrogens (primary N) is 1. The Hall–Kier alpha value is -1.38. The average Bonchev–Trinajstić information content (AvgIpc) is 2.36. The summed E-state index contributed by atoms with van der Waals surface area (Å²) in [6.45, 7) is 4.70. The summed E-state index contributed by atoms with van der Waals surface area (Å²) in [5.74, 6) is 2.40. The van der Waals surface area contributed by atoms with Crippen molar-refractivity contribution in [3.8, 4) is 5.75 Å². The van der Waals surface area contributed by atoms with Crippen molar-refractivity contribution >= 4 is 11.4 Å². The number of methoxy groups -OCH3 is 1. The lowest BCUT2D eigenvalue weighted by Gasteiger charge is -2.33. The summed E-state index contributed by atoms with van der Waals surface area (Å²) in [4.78, 5) is 0. The summed E-state index contributed by atoms with van der Waals surface area (Å²) in [5.41, 5.74) is 7.61. The van der Waals surface area contributed by atoms with Crippen molar-refractivity contribution < 1.29 is 4.74 Å². The van der Waals surface area contributed by atoms with Gasteiger partial charge in [-0.25, -0.2) is 0 Å². The Balaban J connectivity index is 2.01. The van der Waals surface area contributed by atoms with Gasteiger partial charge in [0.05, 0.1) is 12.8 Å². The number of hydrogen-bond acceptors (Lipinski definition) is 3. The van der Waals surface area contributed by atoms with E-state index in [4.69, 9.17) is 10.5 Å². The van der Waals surface area contributed by atoms with Crippen LogP contribution >= 0.6 is 0 Å². The van der Waals surface area contributed by atoms with Gasteiger partial charge in [0.2, 0.25) is 0 Å². The second-order valence-electron chi connectivity index (χ2n) is 5.57.